The molecule has 45 heteroatoms. The zero-order valence-electron chi connectivity index (χ0n) is 80.3. The highest BCUT2D eigenvalue weighted by Gasteiger charge is 2.27. The number of fused-ring (bicyclic) bond motifs is 1. The van der Waals surface area contributed by atoms with Crippen molar-refractivity contribution in [3.8, 4) is 5.75 Å². The minimum Gasteiger partial charge on any atom is -0.508 e. The predicted octanol–water partition coefficient (Wildman–Crippen LogP) is -2.45. The van der Waals surface area contributed by atoms with Crippen molar-refractivity contribution in [3.63, 3.8) is 0 Å². The van der Waals surface area contributed by atoms with Crippen molar-refractivity contribution in [2.24, 2.45) is 11.5 Å². The summed E-state index contributed by atoms with van der Waals surface area (Å²) in [6, 6.07) is 11.4. The molecule has 0 heterocycles. The molecule has 2 aromatic carbocycles. The number of unbranched alkanes of at least 4 members (excludes halogenated alkanes) is 2. The van der Waals surface area contributed by atoms with E-state index < -0.39 is 41.8 Å². The molecule has 20 N–H and O–H groups in total. The summed E-state index contributed by atoms with van der Waals surface area (Å²) in [5, 5.41) is 50.6. The number of hydrogen-bond donors (Lipinski definition) is 18. The fourth-order valence-corrected chi connectivity index (χ4v) is 13.4. The summed E-state index contributed by atoms with van der Waals surface area (Å²) in [7, 11) is 0. The third-order valence-corrected chi connectivity index (χ3v) is 20.7. The van der Waals surface area contributed by atoms with Crippen LogP contribution in [0.4, 0.5) is 5.69 Å². The summed E-state index contributed by atoms with van der Waals surface area (Å²) in [5.41, 5.74) is 15.7. The highest BCUT2D eigenvalue weighted by atomic mass is 16.5. The van der Waals surface area contributed by atoms with Crippen molar-refractivity contribution in [1.82, 2.24) is 79.3 Å². The molecule has 3 rings (SSSR count). The summed E-state index contributed by atoms with van der Waals surface area (Å²) in [4.78, 5) is 198. The Kier molecular flexibility index (Phi) is 69.7. The van der Waals surface area contributed by atoms with E-state index in [0.717, 1.165) is 56.3 Å². The topological polar surface area (TPSA) is 621 Å². The highest BCUT2D eigenvalue weighted by Crippen LogP contribution is 2.31. The van der Waals surface area contributed by atoms with Crippen LogP contribution in [-0.4, -0.2) is 352 Å². The van der Waals surface area contributed by atoms with Crippen LogP contribution in [0.2, 0.25) is 0 Å². The zero-order chi connectivity index (χ0) is 99.9. The van der Waals surface area contributed by atoms with Crippen LogP contribution in [0.25, 0.3) is 0 Å². The molecule has 1 aliphatic rings. The second kappa shape index (κ2) is 79.2. The van der Waals surface area contributed by atoms with Crippen molar-refractivity contribution in [1.29, 1.82) is 0 Å². The molecule has 0 fully saturated rings. The maximum atomic E-state index is 12.8. The molecule has 16 amide bonds. The Morgan fingerprint density at radius 3 is 1.06 bits per heavy atom. The maximum Gasteiger partial charge on any atom is 0.242 e. The van der Waals surface area contributed by atoms with Crippen LogP contribution in [-0.2, 0) is 143 Å². The van der Waals surface area contributed by atoms with Gasteiger partial charge in [0.25, 0.3) is 0 Å². The van der Waals surface area contributed by atoms with Gasteiger partial charge in [0.15, 0.2) is 0 Å². The van der Waals surface area contributed by atoms with Crippen LogP contribution in [0.3, 0.4) is 0 Å². The molecule has 0 radical (unpaired) electrons. The Balaban J connectivity index is 0.989. The number of nitrogens with two attached hydrogens (primary N) is 2. The van der Waals surface area contributed by atoms with Crippen molar-refractivity contribution >= 4 is 100 Å². The lowest BCUT2D eigenvalue weighted by Gasteiger charge is -2.35. The van der Waals surface area contributed by atoms with E-state index >= 15 is 0 Å². The number of anilines is 1. The van der Waals surface area contributed by atoms with E-state index in [9.17, 15) is 81.8 Å². The number of carbonyl (C=O) groups is 16. The fraction of sp³-hybridized carbons (Fsp3) is 0.696. The van der Waals surface area contributed by atoms with Crippen molar-refractivity contribution < 1.29 is 129 Å². The first-order valence-corrected chi connectivity index (χ1v) is 47.7. The zero-order valence-corrected chi connectivity index (χ0v) is 80.3. The van der Waals surface area contributed by atoms with Gasteiger partial charge in [-0.25, -0.2) is 0 Å². The summed E-state index contributed by atoms with van der Waals surface area (Å²) in [6.45, 7) is 14.4. The number of benzene rings is 2. The van der Waals surface area contributed by atoms with Gasteiger partial charge in [-0.2, -0.15) is 0 Å². The normalized spacial score (nSPS) is 12.7. The fourth-order valence-electron chi connectivity index (χ4n) is 13.4. The maximum absolute atomic E-state index is 12.8. The van der Waals surface area contributed by atoms with E-state index in [1.807, 2.05) is 30.3 Å². The Labute approximate surface area is 803 Å². The Morgan fingerprint density at radius 1 is 0.365 bits per heavy atom. The number of nitrogens with zero attached hydrogens (tertiary/aromatic N) is 1. The van der Waals surface area contributed by atoms with Gasteiger partial charge in [0.1, 0.15) is 17.8 Å². The monoisotopic (exact) mass is 1940 g/mol. The smallest absolute Gasteiger partial charge is 0.242 e. The van der Waals surface area contributed by atoms with Gasteiger partial charge in [-0.15, -0.1) is 0 Å². The molecule has 4 atom stereocenters. The van der Waals surface area contributed by atoms with Crippen molar-refractivity contribution in [3.05, 3.63) is 59.2 Å². The van der Waals surface area contributed by atoms with Crippen LogP contribution in [0, 0.1) is 0 Å². The van der Waals surface area contributed by atoms with E-state index in [0.29, 0.717) is 56.1 Å². The van der Waals surface area contributed by atoms with Gasteiger partial charge >= 0.3 is 0 Å². The van der Waals surface area contributed by atoms with Crippen LogP contribution < -0.4 is 91.2 Å². The summed E-state index contributed by atoms with van der Waals surface area (Å²) in [6.07, 6.45) is 7.24. The van der Waals surface area contributed by atoms with E-state index in [-0.39, 0.29) is 358 Å². The molecular weight excluding hydrogens is 1790 g/mol. The SMILES string of the molecule is CCCN(CCc1ccc(NC(=O)CCC(N)C(=O)NCCCCC(NC(=O)CCC(=O)NCCOCCOCCNC(=O)CCC(=O)NCCOCCOCCNC(=O)CCC(=O)NCCOCCOCCNC(=O)CCC(=O)NCCOCCOCCNC(=O)CCC(=O)NCCOCCOCCNC(=O)C(CCCCNC(C)=O)NC(C)=O)C(N)=O)cc1)C1CCc2c(O)cccc2C1. The van der Waals surface area contributed by atoms with E-state index in [4.69, 9.17) is 58.8 Å². The number of amides is 16. The quantitative estimate of drug-likeness (QED) is 0.0306. The van der Waals surface area contributed by atoms with Gasteiger partial charge in [-0.05, 0) is 118 Å². The third kappa shape index (κ3) is 66.4. The van der Waals surface area contributed by atoms with Gasteiger partial charge in [0.05, 0.1) is 138 Å². The van der Waals surface area contributed by atoms with Gasteiger partial charge in [-0.1, -0.05) is 31.2 Å². The lowest BCUT2D eigenvalue weighted by atomic mass is 9.86. The number of rotatable bonds is 85. The third-order valence-electron chi connectivity index (χ3n) is 20.7. The number of carbonyl (C=O) groups excluding carboxylic acids is 16. The average Bonchev–Trinajstić information content (AvgIpc) is 0.811. The van der Waals surface area contributed by atoms with Gasteiger partial charge < -0.3 is 144 Å². The van der Waals surface area contributed by atoms with E-state index in [1.165, 1.54) is 19.4 Å². The highest BCUT2D eigenvalue weighted by molar-refractivity contribution is 5.92. The number of primary amides is 1. The molecule has 1 aliphatic carbocycles. The second-order valence-corrected chi connectivity index (χ2v) is 32.1. The molecular formula is C92H154N18O27. The first-order valence-electron chi connectivity index (χ1n) is 47.7. The van der Waals surface area contributed by atoms with Crippen molar-refractivity contribution in [2.45, 2.75) is 193 Å². The number of phenolic OH excluding ortho intramolecular Hbond substituents is 1. The number of aromatic hydroxyl groups is 1. The molecule has 0 aromatic heterocycles. The van der Waals surface area contributed by atoms with Crippen LogP contribution in [0.1, 0.15) is 166 Å². The number of hydrogen-bond acceptors (Lipinski definition) is 29. The lowest BCUT2D eigenvalue weighted by molar-refractivity contribution is -0.129. The minimum atomic E-state index is -0.978. The number of nitrogens with one attached hydrogen (secondary N) is 15. The van der Waals surface area contributed by atoms with Gasteiger partial charge in [0, 0.05) is 181 Å². The number of phenols is 1. The van der Waals surface area contributed by atoms with Gasteiger partial charge in [-0.3, -0.25) is 81.6 Å². The molecule has 0 aliphatic heterocycles. The largest absolute Gasteiger partial charge is 0.508 e. The second-order valence-electron chi connectivity index (χ2n) is 32.1. The standard InChI is InChI=1S/C92H154N18O27/c1-4-45-110(73-18-19-74-71(67-73)10-9-13-78(74)113)46-32-70-14-16-72(17-15-70)108-88(123)21-20-75(93)91(126)105-34-8-5-11-76(90(94)125)109-89(124)31-30-87(122)104-43-55-135-64-63-134-53-41-102-84(119)27-26-83(118)100-39-51-131-60-59-130-49-37-98-80(115)23-22-79(114)96-35-47-128-57-58-129-48-36-97-81(116)24-25-82(117)99-38-50-132-61-62-133-52-40-101-85(120)28-29-86(121)103-42-54-136-65-66-137-56-44-106-92(127)77(107-69(3)112)12-6-7-33-95-68(2)111/h9-10,13-17,73,75-77,113H,4-8,11-12,18-67,93H2,1-3H3,(H2,94,125)(H,95,111)(H,96,114)(H,97,116)(H,98,115)(H,99,117)(H,100,118)(H,101,120)(H,102,119)(H,103,121)(H,104,122)(H,105,126)(H,106,127)(H,107,112)(H,108,123)(H,109,124). The first kappa shape index (κ1) is 120. The molecule has 137 heavy (non-hydrogen) atoms. The minimum absolute atomic E-state index is 0.00406. The number of ether oxygens (including phenoxy) is 10. The Bertz CT molecular complexity index is 3840. The van der Waals surface area contributed by atoms with E-state index in [2.05, 4.69) is 97.6 Å². The summed E-state index contributed by atoms with van der Waals surface area (Å²) >= 11 is 0. The molecule has 45 nitrogen and oxygen atoms in total. The molecule has 4 unspecified atom stereocenters. The van der Waals surface area contributed by atoms with Crippen molar-refractivity contribution in [2.75, 3.05) is 229 Å². The van der Waals surface area contributed by atoms with Crippen LogP contribution in [0.15, 0.2) is 42.5 Å². The molecule has 2 aromatic rings. The van der Waals surface area contributed by atoms with Crippen LogP contribution in [0.5, 0.6) is 5.75 Å². The molecule has 0 saturated carbocycles. The van der Waals surface area contributed by atoms with E-state index in [1.54, 1.807) is 6.07 Å². The summed E-state index contributed by atoms with van der Waals surface area (Å²) in [5.74, 6) is -5.28. The predicted molar refractivity (Wildman–Crippen MR) is 504 cm³/mol. The molecule has 774 valence electrons. The summed E-state index contributed by atoms with van der Waals surface area (Å²) < 4.78 is 54.6. The molecule has 0 saturated heterocycles. The van der Waals surface area contributed by atoms with Gasteiger partial charge in [0.2, 0.25) is 94.5 Å². The Hall–Kier alpha value is -10.7. The Morgan fingerprint density at radius 2 is 0.708 bits per heavy atom. The first-order chi connectivity index (χ1) is 66.2. The molecule has 0 bridgehead atoms. The van der Waals surface area contributed by atoms with Crippen LogP contribution >= 0.6 is 0 Å². The lowest BCUT2D eigenvalue weighted by Crippen LogP contribution is -2.46. The average molecular weight is 1940 g/mol. The molecule has 0 spiro atoms.